The minimum Gasteiger partial charge on any atom is -0.450 e. The molecular formula is C15H24NO6P. The number of amides is 1. The first-order valence-corrected chi connectivity index (χ1v) is 9.14. The molecule has 0 radical (unpaired) electrons. The van der Waals surface area contributed by atoms with Gasteiger partial charge in [-0.15, -0.1) is 0 Å². The summed E-state index contributed by atoms with van der Waals surface area (Å²) < 4.78 is 28.0. The zero-order chi connectivity index (χ0) is 17.3. The van der Waals surface area contributed by atoms with Crippen molar-refractivity contribution < 1.29 is 28.3 Å². The fourth-order valence-electron chi connectivity index (χ4n) is 2.02. The number of hydrogen-bond acceptors (Lipinski definition) is 6. The number of carbonyl (C=O) groups is 1. The quantitative estimate of drug-likeness (QED) is 0.668. The van der Waals surface area contributed by atoms with Crippen molar-refractivity contribution in [2.45, 2.75) is 32.7 Å². The Morgan fingerprint density at radius 3 is 2.17 bits per heavy atom. The Balaban J connectivity index is 3.11. The highest BCUT2D eigenvalue weighted by molar-refractivity contribution is 7.54. The van der Waals surface area contributed by atoms with Crippen LogP contribution in [-0.4, -0.2) is 36.9 Å². The van der Waals surface area contributed by atoms with E-state index in [1.54, 1.807) is 51.1 Å². The Bertz CT molecular complexity index is 514. The van der Waals surface area contributed by atoms with Gasteiger partial charge in [0.15, 0.2) is 5.85 Å². The second-order valence-electron chi connectivity index (χ2n) is 4.54. The molecule has 0 aromatic heterocycles. The topological polar surface area (TPSA) is 94.1 Å². The van der Waals surface area contributed by atoms with Gasteiger partial charge in [0.05, 0.1) is 25.9 Å². The normalized spacial score (nSPS) is 14.1. The minimum atomic E-state index is -3.82. The Hall–Kier alpha value is -1.40. The zero-order valence-corrected chi connectivity index (χ0v) is 14.5. The molecule has 0 aliphatic rings. The van der Waals surface area contributed by atoms with Crippen LogP contribution in [0, 0.1) is 0 Å². The summed E-state index contributed by atoms with van der Waals surface area (Å²) >= 11 is 0. The van der Waals surface area contributed by atoms with Gasteiger partial charge in [0, 0.05) is 0 Å². The summed E-state index contributed by atoms with van der Waals surface area (Å²) in [4.78, 5) is 11.8. The van der Waals surface area contributed by atoms with Crippen molar-refractivity contribution in [2.24, 2.45) is 0 Å². The summed E-state index contributed by atoms with van der Waals surface area (Å²) in [6.45, 7) is 5.35. The molecule has 0 aliphatic carbocycles. The van der Waals surface area contributed by atoms with Gasteiger partial charge in [-0.1, -0.05) is 30.3 Å². The number of aliphatic hydroxyl groups excluding tert-OH is 1. The lowest BCUT2D eigenvalue weighted by Crippen LogP contribution is -2.37. The van der Waals surface area contributed by atoms with Gasteiger partial charge in [0.2, 0.25) is 0 Å². The molecule has 0 spiro atoms. The maximum absolute atomic E-state index is 12.8. The molecule has 0 saturated heterocycles. The van der Waals surface area contributed by atoms with Crippen LogP contribution in [0.25, 0.3) is 0 Å². The van der Waals surface area contributed by atoms with Crippen LogP contribution in [-0.2, 0) is 18.3 Å². The van der Waals surface area contributed by atoms with E-state index in [0.29, 0.717) is 5.56 Å². The van der Waals surface area contributed by atoms with E-state index in [2.05, 4.69) is 5.32 Å². The molecule has 8 heteroatoms. The van der Waals surface area contributed by atoms with Crippen LogP contribution in [0.4, 0.5) is 4.79 Å². The van der Waals surface area contributed by atoms with Gasteiger partial charge in [-0.25, -0.2) is 4.79 Å². The molecule has 0 heterocycles. The number of aliphatic hydroxyl groups is 1. The highest BCUT2D eigenvalue weighted by Crippen LogP contribution is 2.55. The Morgan fingerprint density at radius 2 is 1.70 bits per heavy atom. The molecule has 1 amide bonds. The number of alkyl carbamates (subject to hydrolysis) is 1. The second-order valence-corrected chi connectivity index (χ2v) is 6.67. The molecular weight excluding hydrogens is 321 g/mol. The molecule has 1 aromatic carbocycles. The molecule has 0 fully saturated rings. The van der Waals surface area contributed by atoms with Crippen molar-refractivity contribution >= 4 is 13.7 Å². The van der Waals surface area contributed by atoms with Crippen molar-refractivity contribution in [1.29, 1.82) is 0 Å². The highest BCUT2D eigenvalue weighted by Gasteiger charge is 2.41. The number of nitrogens with one attached hydrogen (secondary N) is 1. The standard InChI is InChI=1S/C15H24NO6P/c1-4-20-15(18)16-13(12-10-8-7-9-11-12)14(17)23(19,21-5-2)22-6-3/h7-11,13-14,17H,4-6H2,1-3H3,(H,16,18)/t13-,14-/m0/s1. The van der Waals surface area contributed by atoms with E-state index in [-0.39, 0.29) is 19.8 Å². The van der Waals surface area contributed by atoms with Crippen LogP contribution in [0.2, 0.25) is 0 Å². The first kappa shape index (κ1) is 19.6. The molecule has 2 atom stereocenters. The summed E-state index contributed by atoms with van der Waals surface area (Å²) in [5.74, 6) is -1.56. The van der Waals surface area contributed by atoms with E-state index >= 15 is 0 Å². The Morgan fingerprint density at radius 1 is 1.13 bits per heavy atom. The van der Waals surface area contributed by atoms with Crippen molar-refractivity contribution in [1.82, 2.24) is 5.32 Å². The number of carbonyl (C=O) groups excluding carboxylic acids is 1. The van der Waals surface area contributed by atoms with Gasteiger partial charge in [-0.3, -0.25) is 4.57 Å². The second kappa shape index (κ2) is 9.67. The third kappa shape index (κ3) is 5.62. The number of rotatable bonds is 9. The molecule has 0 bridgehead atoms. The lowest BCUT2D eigenvalue weighted by Gasteiger charge is -2.29. The van der Waals surface area contributed by atoms with E-state index < -0.39 is 25.6 Å². The SMILES string of the molecule is CCOC(=O)N[C@@H](c1ccccc1)[C@@H](O)P(=O)(OCC)OCC. The fourth-order valence-corrected chi connectivity index (χ4v) is 3.73. The third-order valence-corrected chi connectivity index (χ3v) is 5.13. The number of ether oxygens (including phenoxy) is 1. The molecule has 2 N–H and O–H groups in total. The van der Waals surface area contributed by atoms with E-state index in [0.717, 1.165) is 0 Å². The highest BCUT2D eigenvalue weighted by atomic mass is 31.2. The summed E-state index contributed by atoms with van der Waals surface area (Å²) in [5.41, 5.74) is 0.563. The van der Waals surface area contributed by atoms with Crippen LogP contribution < -0.4 is 5.32 Å². The largest absolute Gasteiger partial charge is 0.450 e. The van der Waals surface area contributed by atoms with Crippen LogP contribution in [0.3, 0.4) is 0 Å². The van der Waals surface area contributed by atoms with Crippen LogP contribution in [0.15, 0.2) is 30.3 Å². The summed E-state index contributed by atoms with van der Waals surface area (Å²) in [6, 6.07) is 7.69. The van der Waals surface area contributed by atoms with Crippen molar-refractivity contribution in [3.63, 3.8) is 0 Å². The van der Waals surface area contributed by atoms with Gasteiger partial charge >= 0.3 is 13.7 Å². The number of hydrogen-bond donors (Lipinski definition) is 2. The van der Waals surface area contributed by atoms with E-state index in [1.165, 1.54) is 0 Å². The molecule has 0 aliphatic heterocycles. The van der Waals surface area contributed by atoms with Crippen molar-refractivity contribution in [3.8, 4) is 0 Å². The van der Waals surface area contributed by atoms with E-state index in [1.807, 2.05) is 0 Å². The average Bonchev–Trinajstić information content (AvgIpc) is 2.53. The van der Waals surface area contributed by atoms with Gasteiger partial charge in [-0.2, -0.15) is 0 Å². The Labute approximate surface area is 136 Å². The fraction of sp³-hybridized carbons (Fsp3) is 0.533. The lowest BCUT2D eigenvalue weighted by atomic mass is 10.1. The smallest absolute Gasteiger partial charge is 0.407 e. The first-order valence-electron chi connectivity index (χ1n) is 7.53. The minimum absolute atomic E-state index is 0.106. The lowest BCUT2D eigenvalue weighted by molar-refractivity contribution is 0.111. The summed E-state index contributed by atoms with van der Waals surface area (Å²) in [6.07, 6.45) is -0.722. The number of benzene rings is 1. The van der Waals surface area contributed by atoms with Crippen LogP contribution in [0.5, 0.6) is 0 Å². The van der Waals surface area contributed by atoms with Crippen LogP contribution >= 0.6 is 7.60 Å². The van der Waals surface area contributed by atoms with Crippen molar-refractivity contribution in [3.05, 3.63) is 35.9 Å². The maximum atomic E-state index is 12.8. The maximum Gasteiger partial charge on any atom is 0.407 e. The van der Waals surface area contributed by atoms with Gasteiger partial charge in [-0.05, 0) is 26.3 Å². The van der Waals surface area contributed by atoms with Gasteiger partial charge in [0.25, 0.3) is 0 Å². The van der Waals surface area contributed by atoms with Gasteiger partial charge < -0.3 is 24.2 Å². The molecule has 1 aromatic rings. The first-order chi connectivity index (χ1) is 11.0. The molecule has 0 saturated carbocycles. The molecule has 0 unspecified atom stereocenters. The zero-order valence-electron chi connectivity index (χ0n) is 13.6. The Kier molecular flexibility index (Phi) is 8.26. The van der Waals surface area contributed by atoms with E-state index in [4.69, 9.17) is 13.8 Å². The molecule has 1 rings (SSSR count). The molecule has 130 valence electrons. The van der Waals surface area contributed by atoms with Crippen LogP contribution in [0.1, 0.15) is 32.4 Å². The molecule has 7 nitrogen and oxygen atoms in total. The van der Waals surface area contributed by atoms with Gasteiger partial charge in [0.1, 0.15) is 0 Å². The van der Waals surface area contributed by atoms with Crippen molar-refractivity contribution in [2.75, 3.05) is 19.8 Å². The predicted molar refractivity (Wildman–Crippen MR) is 86.2 cm³/mol. The molecule has 23 heavy (non-hydrogen) atoms. The predicted octanol–water partition coefficient (Wildman–Crippen LogP) is 3.06. The summed E-state index contributed by atoms with van der Waals surface area (Å²) in [7, 11) is -3.82. The third-order valence-electron chi connectivity index (χ3n) is 2.95. The van der Waals surface area contributed by atoms with E-state index in [9.17, 15) is 14.5 Å². The summed E-state index contributed by atoms with van der Waals surface area (Å²) in [5, 5.41) is 13.1. The average molecular weight is 345 g/mol. The monoisotopic (exact) mass is 345 g/mol.